The molecule has 0 aliphatic carbocycles. The summed E-state index contributed by atoms with van der Waals surface area (Å²) in [6.07, 6.45) is 0.344. The number of aliphatic hydroxyl groups is 1. The van der Waals surface area contributed by atoms with Gasteiger partial charge in [0.25, 0.3) is 0 Å². The van der Waals surface area contributed by atoms with Crippen LogP contribution in [0.15, 0.2) is 0 Å². The summed E-state index contributed by atoms with van der Waals surface area (Å²) in [5, 5.41) is 8.97. The maximum atomic E-state index is 11.4. The van der Waals surface area contributed by atoms with E-state index < -0.39 is 0 Å². The first-order valence-corrected chi connectivity index (χ1v) is 4.47. The van der Waals surface area contributed by atoms with Crippen molar-refractivity contribution >= 4 is 5.91 Å². The fourth-order valence-electron chi connectivity index (χ4n) is 1.40. The summed E-state index contributed by atoms with van der Waals surface area (Å²) in [6.45, 7) is 1.84. The van der Waals surface area contributed by atoms with Gasteiger partial charge >= 0.3 is 0 Å². The molecule has 1 rings (SSSR count). The lowest BCUT2D eigenvalue weighted by atomic mass is 10.2. The minimum Gasteiger partial charge on any atom is -0.394 e. The monoisotopic (exact) mass is 188 g/mol. The number of nitrogens with two attached hydrogens (primary N) is 1. The van der Waals surface area contributed by atoms with Crippen LogP contribution in [0.1, 0.15) is 6.42 Å². The molecule has 0 spiro atoms. The smallest absolute Gasteiger partial charge is 0.224 e. The zero-order valence-corrected chi connectivity index (χ0v) is 7.61. The molecule has 0 aromatic carbocycles. The molecule has 1 fully saturated rings. The Bertz CT molecular complexity index is 175. The molecule has 13 heavy (non-hydrogen) atoms. The van der Waals surface area contributed by atoms with Crippen LogP contribution in [0.25, 0.3) is 0 Å². The molecule has 0 radical (unpaired) electrons. The van der Waals surface area contributed by atoms with Gasteiger partial charge in [0.05, 0.1) is 25.9 Å². The number of amides is 1. The number of ether oxygens (including phenoxy) is 1. The van der Waals surface area contributed by atoms with Crippen molar-refractivity contribution in [2.24, 2.45) is 5.73 Å². The van der Waals surface area contributed by atoms with Gasteiger partial charge in [-0.05, 0) is 0 Å². The van der Waals surface area contributed by atoms with Crippen LogP contribution in [-0.4, -0.2) is 54.9 Å². The lowest BCUT2D eigenvalue weighted by Crippen LogP contribution is -2.50. The molecule has 0 aromatic rings. The number of nitrogens with zero attached hydrogens (tertiary/aromatic N) is 1. The van der Waals surface area contributed by atoms with Gasteiger partial charge in [0, 0.05) is 19.5 Å². The van der Waals surface area contributed by atoms with Crippen LogP contribution in [0.2, 0.25) is 0 Å². The highest BCUT2D eigenvalue weighted by atomic mass is 16.5. The minimum atomic E-state index is -0.187. The standard InChI is InChI=1S/C8H16N2O3/c9-2-1-8(12)10-3-4-13-6-7(10)5-11/h7,11H,1-6,9H2. The van der Waals surface area contributed by atoms with E-state index in [0.717, 1.165) is 0 Å². The van der Waals surface area contributed by atoms with Crippen LogP contribution in [0.4, 0.5) is 0 Å². The summed E-state index contributed by atoms with van der Waals surface area (Å²) < 4.78 is 5.15. The zero-order chi connectivity index (χ0) is 9.68. The van der Waals surface area contributed by atoms with Crippen molar-refractivity contribution in [2.45, 2.75) is 12.5 Å². The summed E-state index contributed by atoms with van der Waals surface area (Å²) in [4.78, 5) is 13.1. The van der Waals surface area contributed by atoms with Crippen molar-refractivity contribution in [2.75, 3.05) is 32.9 Å². The number of carbonyl (C=O) groups is 1. The molecule has 1 saturated heterocycles. The molecule has 1 atom stereocenters. The van der Waals surface area contributed by atoms with Gasteiger partial charge in [0.15, 0.2) is 0 Å². The van der Waals surface area contributed by atoms with Crippen molar-refractivity contribution in [3.05, 3.63) is 0 Å². The van der Waals surface area contributed by atoms with E-state index in [2.05, 4.69) is 0 Å². The Labute approximate surface area is 77.5 Å². The van der Waals surface area contributed by atoms with Crippen LogP contribution in [0.3, 0.4) is 0 Å². The summed E-state index contributed by atoms with van der Waals surface area (Å²) >= 11 is 0. The third-order valence-electron chi connectivity index (χ3n) is 2.12. The fourth-order valence-corrected chi connectivity index (χ4v) is 1.40. The number of carbonyl (C=O) groups excluding carboxylic acids is 1. The van der Waals surface area contributed by atoms with Crippen molar-refractivity contribution in [1.82, 2.24) is 4.90 Å². The summed E-state index contributed by atoms with van der Waals surface area (Å²) in [6, 6.07) is -0.187. The maximum absolute atomic E-state index is 11.4. The number of aliphatic hydroxyl groups excluding tert-OH is 1. The fraction of sp³-hybridized carbons (Fsp3) is 0.875. The second-order valence-electron chi connectivity index (χ2n) is 3.04. The maximum Gasteiger partial charge on any atom is 0.224 e. The van der Waals surface area contributed by atoms with Crippen LogP contribution in [-0.2, 0) is 9.53 Å². The predicted octanol–water partition coefficient (Wildman–Crippen LogP) is -1.45. The van der Waals surface area contributed by atoms with Gasteiger partial charge in [-0.1, -0.05) is 0 Å². The number of rotatable bonds is 3. The largest absolute Gasteiger partial charge is 0.394 e. The Kier molecular flexibility index (Phi) is 4.14. The van der Waals surface area contributed by atoms with Gasteiger partial charge in [-0.2, -0.15) is 0 Å². The van der Waals surface area contributed by atoms with Crippen molar-refractivity contribution in [1.29, 1.82) is 0 Å². The van der Waals surface area contributed by atoms with Crippen molar-refractivity contribution in [3.8, 4) is 0 Å². The van der Waals surface area contributed by atoms with Gasteiger partial charge in [0.2, 0.25) is 5.91 Å². The van der Waals surface area contributed by atoms with E-state index in [1.165, 1.54) is 0 Å². The molecule has 3 N–H and O–H groups in total. The molecular formula is C8H16N2O3. The van der Waals surface area contributed by atoms with Gasteiger partial charge in [-0.25, -0.2) is 0 Å². The Balaban J connectivity index is 2.48. The van der Waals surface area contributed by atoms with E-state index in [9.17, 15) is 4.79 Å². The number of hydrogen-bond donors (Lipinski definition) is 2. The molecule has 5 nitrogen and oxygen atoms in total. The first kappa shape index (κ1) is 10.4. The molecule has 0 saturated carbocycles. The van der Waals surface area contributed by atoms with Gasteiger partial charge < -0.3 is 20.5 Å². The van der Waals surface area contributed by atoms with Crippen molar-refractivity contribution < 1.29 is 14.6 Å². The van der Waals surface area contributed by atoms with E-state index >= 15 is 0 Å². The molecule has 1 amide bonds. The third kappa shape index (κ3) is 2.65. The van der Waals surface area contributed by atoms with E-state index in [1.807, 2.05) is 0 Å². The van der Waals surface area contributed by atoms with Crippen LogP contribution in [0, 0.1) is 0 Å². The van der Waals surface area contributed by atoms with Crippen molar-refractivity contribution in [3.63, 3.8) is 0 Å². The Morgan fingerprint density at radius 2 is 2.46 bits per heavy atom. The molecule has 1 aliphatic rings. The zero-order valence-electron chi connectivity index (χ0n) is 7.61. The highest BCUT2D eigenvalue weighted by Crippen LogP contribution is 2.07. The minimum absolute atomic E-state index is 0.00449. The highest BCUT2D eigenvalue weighted by Gasteiger charge is 2.25. The molecule has 76 valence electrons. The van der Waals surface area contributed by atoms with E-state index in [4.69, 9.17) is 15.6 Å². The van der Waals surface area contributed by atoms with E-state index in [0.29, 0.717) is 32.7 Å². The molecule has 0 aromatic heterocycles. The highest BCUT2D eigenvalue weighted by molar-refractivity contribution is 5.76. The predicted molar refractivity (Wildman–Crippen MR) is 47.1 cm³/mol. The summed E-state index contributed by atoms with van der Waals surface area (Å²) in [7, 11) is 0. The molecule has 1 unspecified atom stereocenters. The molecule has 1 heterocycles. The first-order chi connectivity index (χ1) is 6.29. The third-order valence-corrected chi connectivity index (χ3v) is 2.12. The molecule has 1 aliphatic heterocycles. The second-order valence-corrected chi connectivity index (χ2v) is 3.04. The Morgan fingerprint density at radius 1 is 1.69 bits per heavy atom. The van der Waals surface area contributed by atoms with E-state index in [-0.39, 0.29) is 18.6 Å². The number of hydrogen-bond acceptors (Lipinski definition) is 4. The normalized spacial score (nSPS) is 23.2. The van der Waals surface area contributed by atoms with Gasteiger partial charge in [-0.3, -0.25) is 4.79 Å². The Hall–Kier alpha value is -0.650. The van der Waals surface area contributed by atoms with Crippen LogP contribution in [0.5, 0.6) is 0 Å². The quantitative estimate of drug-likeness (QED) is 0.568. The average molecular weight is 188 g/mol. The number of morpholine rings is 1. The van der Waals surface area contributed by atoms with Gasteiger partial charge in [0.1, 0.15) is 0 Å². The lowest BCUT2D eigenvalue weighted by Gasteiger charge is -2.34. The first-order valence-electron chi connectivity index (χ1n) is 4.47. The molecule has 5 heteroatoms. The lowest BCUT2D eigenvalue weighted by molar-refractivity contribution is -0.141. The topological polar surface area (TPSA) is 75.8 Å². The second kappa shape index (κ2) is 5.16. The summed E-state index contributed by atoms with van der Waals surface area (Å²) in [5.41, 5.74) is 5.28. The van der Waals surface area contributed by atoms with Crippen LogP contribution < -0.4 is 5.73 Å². The molecule has 0 bridgehead atoms. The summed E-state index contributed by atoms with van der Waals surface area (Å²) in [5.74, 6) is 0.00449. The molecular weight excluding hydrogens is 172 g/mol. The van der Waals surface area contributed by atoms with E-state index in [1.54, 1.807) is 4.90 Å². The Morgan fingerprint density at radius 3 is 3.08 bits per heavy atom. The SMILES string of the molecule is NCCC(=O)N1CCOCC1CO. The van der Waals surface area contributed by atoms with Gasteiger partial charge in [-0.15, -0.1) is 0 Å². The average Bonchev–Trinajstić information content (AvgIpc) is 2.18. The van der Waals surface area contributed by atoms with Crippen LogP contribution >= 0.6 is 0 Å².